The molecule has 0 radical (unpaired) electrons. The number of amides is 1. The molecule has 5 heteroatoms. The van der Waals surface area contributed by atoms with Gasteiger partial charge in [0.2, 0.25) is 0 Å². The lowest BCUT2D eigenvalue weighted by molar-refractivity contribution is 0.0604. The van der Waals surface area contributed by atoms with Crippen LogP contribution in [0, 0.1) is 11.3 Å². The van der Waals surface area contributed by atoms with Crippen molar-refractivity contribution < 1.29 is 4.79 Å². The molecule has 112 valence electrons. The van der Waals surface area contributed by atoms with E-state index in [1.54, 1.807) is 0 Å². The molecule has 1 aliphatic heterocycles. The predicted molar refractivity (Wildman–Crippen MR) is 80.5 cm³/mol. The fourth-order valence-electron chi connectivity index (χ4n) is 2.92. The van der Waals surface area contributed by atoms with Gasteiger partial charge in [0.25, 0.3) is 5.91 Å². The number of nitrogen functional groups attached to an aromatic ring is 1. The first-order valence-corrected chi connectivity index (χ1v) is 7.46. The SMILES string of the molecule is CCc1[nH]nc(C(=O)N2CCC(C(C)(C)C)CC2)c1N. The number of nitrogens with zero attached hydrogens (tertiary/aromatic N) is 2. The summed E-state index contributed by atoms with van der Waals surface area (Å²) < 4.78 is 0. The zero-order valence-corrected chi connectivity index (χ0v) is 13.0. The summed E-state index contributed by atoms with van der Waals surface area (Å²) in [6.07, 6.45) is 2.87. The van der Waals surface area contributed by atoms with E-state index < -0.39 is 0 Å². The van der Waals surface area contributed by atoms with E-state index in [0.717, 1.165) is 38.0 Å². The molecule has 0 atom stereocenters. The molecule has 3 N–H and O–H groups in total. The lowest BCUT2D eigenvalue weighted by atomic mass is 9.75. The number of carbonyl (C=O) groups excluding carboxylic acids is 1. The van der Waals surface area contributed by atoms with Crippen molar-refractivity contribution in [1.82, 2.24) is 15.1 Å². The fourth-order valence-corrected chi connectivity index (χ4v) is 2.92. The van der Waals surface area contributed by atoms with Gasteiger partial charge in [0.05, 0.1) is 11.4 Å². The molecule has 20 heavy (non-hydrogen) atoms. The first-order chi connectivity index (χ1) is 9.34. The summed E-state index contributed by atoms with van der Waals surface area (Å²) in [5, 5.41) is 6.94. The van der Waals surface area contributed by atoms with Gasteiger partial charge in [-0.25, -0.2) is 0 Å². The monoisotopic (exact) mass is 278 g/mol. The van der Waals surface area contributed by atoms with E-state index >= 15 is 0 Å². The van der Waals surface area contributed by atoms with Crippen LogP contribution in [0.1, 0.15) is 56.7 Å². The van der Waals surface area contributed by atoms with Gasteiger partial charge >= 0.3 is 0 Å². The van der Waals surface area contributed by atoms with Gasteiger partial charge < -0.3 is 10.6 Å². The summed E-state index contributed by atoms with van der Waals surface area (Å²) in [6, 6.07) is 0. The number of likely N-dealkylation sites (tertiary alicyclic amines) is 1. The predicted octanol–water partition coefficient (Wildman–Crippen LogP) is 2.45. The Morgan fingerprint density at radius 1 is 1.40 bits per heavy atom. The second-order valence-electron chi connectivity index (χ2n) is 6.75. The topological polar surface area (TPSA) is 75.0 Å². The normalized spacial score (nSPS) is 17.5. The van der Waals surface area contributed by atoms with Gasteiger partial charge in [0.1, 0.15) is 0 Å². The highest BCUT2D eigenvalue weighted by molar-refractivity contribution is 5.97. The van der Waals surface area contributed by atoms with E-state index in [1.807, 2.05) is 11.8 Å². The number of nitrogens with two attached hydrogens (primary N) is 1. The first-order valence-electron chi connectivity index (χ1n) is 7.46. The van der Waals surface area contributed by atoms with E-state index in [1.165, 1.54) is 0 Å². The van der Waals surface area contributed by atoms with Crippen LogP contribution in [0.3, 0.4) is 0 Å². The summed E-state index contributed by atoms with van der Waals surface area (Å²) in [5.74, 6) is 0.639. The highest BCUT2D eigenvalue weighted by Gasteiger charge is 2.32. The number of hydrogen-bond donors (Lipinski definition) is 2. The number of piperidine rings is 1. The summed E-state index contributed by atoms with van der Waals surface area (Å²) in [7, 11) is 0. The largest absolute Gasteiger partial charge is 0.395 e. The number of aromatic amines is 1. The van der Waals surface area contributed by atoms with Crippen molar-refractivity contribution in [2.75, 3.05) is 18.8 Å². The van der Waals surface area contributed by atoms with Gasteiger partial charge in [0, 0.05) is 13.1 Å². The molecule has 1 aliphatic rings. The molecule has 1 amide bonds. The Labute approximate surface area is 120 Å². The number of aryl methyl sites for hydroxylation is 1. The molecule has 0 bridgehead atoms. The van der Waals surface area contributed by atoms with Crippen LogP contribution < -0.4 is 5.73 Å². The summed E-state index contributed by atoms with van der Waals surface area (Å²) >= 11 is 0. The minimum atomic E-state index is -0.0363. The number of H-pyrrole nitrogens is 1. The second kappa shape index (κ2) is 5.46. The number of nitrogens with one attached hydrogen (secondary N) is 1. The quantitative estimate of drug-likeness (QED) is 0.872. The maximum atomic E-state index is 12.5. The number of carbonyl (C=O) groups is 1. The minimum absolute atomic E-state index is 0.0363. The Hall–Kier alpha value is -1.52. The summed E-state index contributed by atoms with van der Waals surface area (Å²) in [6.45, 7) is 10.4. The molecule has 1 aromatic rings. The second-order valence-corrected chi connectivity index (χ2v) is 6.75. The highest BCUT2D eigenvalue weighted by Crippen LogP contribution is 2.34. The Balaban J connectivity index is 2.03. The molecule has 0 aliphatic carbocycles. The molecule has 0 spiro atoms. The smallest absolute Gasteiger partial charge is 0.276 e. The number of aromatic nitrogens is 2. The van der Waals surface area contributed by atoms with Gasteiger partial charge in [-0.2, -0.15) is 5.10 Å². The van der Waals surface area contributed by atoms with Crippen molar-refractivity contribution in [2.24, 2.45) is 11.3 Å². The maximum absolute atomic E-state index is 12.5. The van der Waals surface area contributed by atoms with Crippen LogP contribution in [0.15, 0.2) is 0 Å². The Kier molecular flexibility index (Phi) is 4.06. The zero-order valence-electron chi connectivity index (χ0n) is 13.0. The van der Waals surface area contributed by atoms with Crippen molar-refractivity contribution in [3.05, 3.63) is 11.4 Å². The average Bonchev–Trinajstić information content (AvgIpc) is 2.78. The van der Waals surface area contributed by atoms with Crippen molar-refractivity contribution in [3.8, 4) is 0 Å². The van der Waals surface area contributed by atoms with Crippen LogP contribution in [-0.2, 0) is 6.42 Å². The molecule has 0 unspecified atom stereocenters. The van der Waals surface area contributed by atoms with Crippen LogP contribution in [0.2, 0.25) is 0 Å². The molecule has 1 saturated heterocycles. The number of anilines is 1. The van der Waals surface area contributed by atoms with Crippen molar-refractivity contribution in [3.63, 3.8) is 0 Å². The van der Waals surface area contributed by atoms with Gasteiger partial charge in [0.15, 0.2) is 5.69 Å². The average molecular weight is 278 g/mol. The van der Waals surface area contributed by atoms with Crippen molar-refractivity contribution in [1.29, 1.82) is 0 Å². The van der Waals surface area contributed by atoms with Crippen LogP contribution in [-0.4, -0.2) is 34.1 Å². The lowest BCUT2D eigenvalue weighted by Crippen LogP contribution is -2.41. The van der Waals surface area contributed by atoms with Crippen LogP contribution in [0.4, 0.5) is 5.69 Å². The Morgan fingerprint density at radius 2 is 2.00 bits per heavy atom. The minimum Gasteiger partial charge on any atom is -0.395 e. The maximum Gasteiger partial charge on any atom is 0.276 e. The fraction of sp³-hybridized carbons (Fsp3) is 0.733. The van der Waals surface area contributed by atoms with E-state index in [2.05, 4.69) is 31.0 Å². The van der Waals surface area contributed by atoms with Gasteiger partial charge in [-0.15, -0.1) is 0 Å². The molecule has 1 aromatic heterocycles. The number of rotatable bonds is 2. The summed E-state index contributed by atoms with van der Waals surface area (Å²) in [5.41, 5.74) is 8.03. The van der Waals surface area contributed by atoms with Gasteiger partial charge in [-0.1, -0.05) is 27.7 Å². The molecular formula is C15H26N4O. The van der Waals surface area contributed by atoms with Crippen LogP contribution >= 0.6 is 0 Å². The highest BCUT2D eigenvalue weighted by atomic mass is 16.2. The Bertz CT molecular complexity index is 479. The van der Waals surface area contributed by atoms with Crippen LogP contribution in [0.25, 0.3) is 0 Å². The van der Waals surface area contributed by atoms with E-state index in [0.29, 0.717) is 22.7 Å². The molecule has 0 saturated carbocycles. The third-order valence-corrected chi connectivity index (χ3v) is 4.45. The Morgan fingerprint density at radius 3 is 2.45 bits per heavy atom. The molecule has 2 rings (SSSR count). The van der Waals surface area contributed by atoms with E-state index in [-0.39, 0.29) is 5.91 Å². The number of hydrogen-bond acceptors (Lipinski definition) is 3. The standard InChI is InChI=1S/C15H26N4O/c1-5-11-12(16)13(18-17-11)14(20)19-8-6-10(7-9-19)15(2,3)4/h10H,5-9,16H2,1-4H3,(H,17,18). The third kappa shape index (κ3) is 2.81. The third-order valence-electron chi connectivity index (χ3n) is 4.45. The molecule has 0 aromatic carbocycles. The summed E-state index contributed by atoms with van der Waals surface area (Å²) in [4.78, 5) is 14.4. The van der Waals surface area contributed by atoms with Crippen LogP contribution in [0.5, 0.6) is 0 Å². The zero-order chi connectivity index (χ0) is 14.9. The molecule has 1 fully saturated rings. The lowest BCUT2D eigenvalue weighted by Gasteiger charge is -2.38. The van der Waals surface area contributed by atoms with Gasteiger partial charge in [-0.05, 0) is 30.6 Å². The molecule has 2 heterocycles. The van der Waals surface area contributed by atoms with Crippen molar-refractivity contribution in [2.45, 2.75) is 47.0 Å². The van der Waals surface area contributed by atoms with E-state index in [9.17, 15) is 4.79 Å². The first kappa shape index (κ1) is 14.9. The van der Waals surface area contributed by atoms with E-state index in [4.69, 9.17) is 5.73 Å². The molecule has 5 nitrogen and oxygen atoms in total. The molecular weight excluding hydrogens is 252 g/mol. The van der Waals surface area contributed by atoms with Crippen molar-refractivity contribution >= 4 is 11.6 Å². The van der Waals surface area contributed by atoms with Gasteiger partial charge in [-0.3, -0.25) is 9.89 Å².